The van der Waals surface area contributed by atoms with E-state index in [1.165, 1.54) is 6.07 Å². The van der Waals surface area contributed by atoms with Crippen molar-refractivity contribution in [2.45, 2.75) is 30.7 Å². The molecule has 18 heavy (non-hydrogen) atoms. The van der Waals surface area contributed by atoms with E-state index in [0.29, 0.717) is 15.4 Å². The fraction of sp³-hybridized carbons (Fsp3) is 0.455. The standard InChI is InChI=1S/C11H15Br2NO3S/c1-11(2,5-6-15)14-18(16,17)10-7-8(12)3-4-9(10)13/h3-4,7,14-15H,5-6H2,1-2H3. The average Bonchev–Trinajstić information content (AvgIpc) is 2.19. The molecule has 1 aromatic carbocycles. The Morgan fingerprint density at radius 3 is 2.50 bits per heavy atom. The van der Waals surface area contributed by atoms with Crippen LogP contribution in [0.3, 0.4) is 0 Å². The van der Waals surface area contributed by atoms with Crippen LogP contribution in [0, 0.1) is 0 Å². The number of sulfonamides is 1. The Labute approximate surface area is 124 Å². The second-order valence-electron chi connectivity index (χ2n) is 4.54. The highest BCUT2D eigenvalue weighted by atomic mass is 79.9. The van der Waals surface area contributed by atoms with Gasteiger partial charge in [-0.2, -0.15) is 0 Å². The first-order valence-electron chi connectivity index (χ1n) is 5.28. The van der Waals surface area contributed by atoms with E-state index in [1.54, 1.807) is 26.0 Å². The van der Waals surface area contributed by atoms with Crippen LogP contribution in [0.1, 0.15) is 20.3 Å². The van der Waals surface area contributed by atoms with E-state index in [1.807, 2.05) is 0 Å². The zero-order valence-corrected chi connectivity index (χ0v) is 14.1. The summed E-state index contributed by atoms with van der Waals surface area (Å²) in [5, 5.41) is 8.92. The van der Waals surface area contributed by atoms with Gasteiger partial charge in [0.05, 0.1) is 4.90 Å². The topological polar surface area (TPSA) is 66.4 Å². The van der Waals surface area contributed by atoms with Crippen molar-refractivity contribution in [1.29, 1.82) is 0 Å². The summed E-state index contributed by atoms with van der Waals surface area (Å²) in [6.45, 7) is 3.38. The van der Waals surface area contributed by atoms with Gasteiger partial charge in [-0.25, -0.2) is 13.1 Å². The second kappa shape index (κ2) is 6.00. The van der Waals surface area contributed by atoms with Gasteiger partial charge >= 0.3 is 0 Å². The highest BCUT2D eigenvalue weighted by Gasteiger charge is 2.27. The first-order valence-corrected chi connectivity index (χ1v) is 8.35. The first-order chi connectivity index (χ1) is 8.18. The SMILES string of the molecule is CC(C)(CCO)NS(=O)(=O)c1cc(Br)ccc1Br. The van der Waals surface area contributed by atoms with Gasteiger partial charge < -0.3 is 5.11 Å². The molecule has 102 valence electrons. The predicted octanol–water partition coefficient (Wildman–Crippen LogP) is 2.65. The van der Waals surface area contributed by atoms with Gasteiger partial charge in [0.25, 0.3) is 0 Å². The Morgan fingerprint density at radius 2 is 1.94 bits per heavy atom. The fourth-order valence-electron chi connectivity index (χ4n) is 1.43. The Hall–Kier alpha value is 0.0500. The quantitative estimate of drug-likeness (QED) is 0.798. The van der Waals surface area contributed by atoms with Crippen molar-refractivity contribution in [1.82, 2.24) is 4.72 Å². The van der Waals surface area contributed by atoms with Crippen LogP contribution in [-0.2, 0) is 10.0 Å². The van der Waals surface area contributed by atoms with E-state index in [0.717, 1.165) is 0 Å². The van der Waals surface area contributed by atoms with Crippen LogP contribution in [-0.4, -0.2) is 25.7 Å². The molecule has 0 radical (unpaired) electrons. The van der Waals surface area contributed by atoms with E-state index in [4.69, 9.17) is 5.11 Å². The van der Waals surface area contributed by atoms with Crippen molar-refractivity contribution in [3.63, 3.8) is 0 Å². The van der Waals surface area contributed by atoms with Crippen LogP contribution in [0.25, 0.3) is 0 Å². The third-order valence-corrected chi connectivity index (χ3v) is 5.52. The molecule has 0 aliphatic heterocycles. The number of benzene rings is 1. The Balaban J connectivity index is 3.11. The highest BCUT2D eigenvalue weighted by Crippen LogP contribution is 2.26. The molecule has 1 aromatic rings. The maximum atomic E-state index is 12.3. The summed E-state index contributed by atoms with van der Waals surface area (Å²) < 4.78 is 28.3. The number of aliphatic hydroxyl groups excluding tert-OH is 1. The lowest BCUT2D eigenvalue weighted by Gasteiger charge is -2.25. The molecular formula is C11H15Br2NO3S. The van der Waals surface area contributed by atoms with Gasteiger partial charge in [0.1, 0.15) is 0 Å². The number of aliphatic hydroxyl groups is 1. The Bertz CT molecular complexity index is 529. The maximum Gasteiger partial charge on any atom is 0.242 e. The highest BCUT2D eigenvalue weighted by molar-refractivity contribution is 9.11. The zero-order chi connectivity index (χ0) is 14.0. The van der Waals surface area contributed by atoms with Gasteiger partial charge in [0.15, 0.2) is 0 Å². The van der Waals surface area contributed by atoms with Crippen LogP contribution >= 0.6 is 31.9 Å². The first kappa shape index (κ1) is 16.1. The van der Waals surface area contributed by atoms with Crippen molar-refractivity contribution >= 4 is 41.9 Å². The normalized spacial score (nSPS) is 12.7. The molecule has 0 atom stereocenters. The smallest absolute Gasteiger partial charge is 0.242 e. The molecule has 0 aromatic heterocycles. The molecular weight excluding hydrogens is 386 g/mol. The van der Waals surface area contributed by atoms with Crippen LogP contribution in [0.2, 0.25) is 0 Å². The third-order valence-electron chi connectivity index (χ3n) is 2.33. The molecule has 0 unspecified atom stereocenters. The average molecular weight is 401 g/mol. The molecule has 2 N–H and O–H groups in total. The number of hydrogen-bond donors (Lipinski definition) is 2. The minimum atomic E-state index is -3.63. The number of halogens is 2. The monoisotopic (exact) mass is 399 g/mol. The third kappa shape index (κ3) is 4.31. The molecule has 0 aliphatic rings. The lowest BCUT2D eigenvalue weighted by molar-refractivity contribution is 0.245. The molecule has 0 saturated carbocycles. The van der Waals surface area contributed by atoms with Crippen LogP contribution < -0.4 is 4.72 Å². The van der Waals surface area contributed by atoms with Crippen molar-refractivity contribution in [3.05, 3.63) is 27.1 Å². The summed E-state index contributed by atoms with van der Waals surface area (Å²) in [6.07, 6.45) is 0.345. The summed E-state index contributed by atoms with van der Waals surface area (Å²) >= 11 is 6.47. The molecule has 0 heterocycles. The van der Waals surface area contributed by atoms with Crippen LogP contribution in [0.4, 0.5) is 0 Å². The fourth-order valence-corrected chi connectivity index (χ4v) is 4.38. The Morgan fingerprint density at radius 1 is 1.33 bits per heavy atom. The van der Waals surface area contributed by atoms with Gasteiger partial charge in [0.2, 0.25) is 10.0 Å². The van der Waals surface area contributed by atoms with Gasteiger partial charge in [-0.1, -0.05) is 15.9 Å². The molecule has 0 aliphatic carbocycles. The van der Waals surface area contributed by atoms with E-state index in [9.17, 15) is 8.42 Å². The minimum absolute atomic E-state index is 0.0742. The minimum Gasteiger partial charge on any atom is -0.396 e. The summed E-state index contributed by atoms with van der Waals surface area (Å²) in [6, 6.07) is 4.95. The Kier molecular flexibility index (Phi) is 5.37. The number of rotatable bonds is 5. The van der Waals surface area contributed by atoms with E-state index in [2.05, 4.69) is 36.6 Å². The number of hydrogen-bond acceptors (Lipinski definition) is 3. The van der Waals surface area contributed by atoms with Gasteiger partial charge in [-0.05, 0) is 54.4 Å². The molecule has 7 heteroatoms. The molecule has 1 rings (SSSR count). The van der Waals surface area contributed by atoms with Gasteiger partial charge in [0, 0.05) is 21.1 Å². The lowest BCUT2D eigenvalue weighted by atomic mass is 10.0. The molecule has 0 fully saturated rings. The number of nitrogens with one attached hydrogen (secondary N) is 1. The van der Waals surface area contributed by atoms with Gasteiger partial charge in [-0.3, -0.25) is 0 Å². The van der Waals surface area contributed by atoms with Crippen molar-refractivity contribution in [2.75, 3.05) is 6.61 Å². The van der Waals surface area contributed by atoms with Crippen molar-refractivity contribution in [3.8, 4) is 0 Å². The van der Waals surface area contributed by atoms with Crippen molar-refractivity contribution in [2.24, 2.45) is 0 Å². The van der Waals surface area contributed by atoms with E-state index < -0.39 is 15.6 Å². The molecule has 0 saturated heterocycles. The summed E-state index contributed by atoms with van der Waals surface area (Å²) in [4.78, 5) is 0.169. The van der Waals surface area contributed by atoms with Crippen LogP contribution in [0.5, 0.6) is 0 Å². The molecule has 4 nitrogen and oxygen atoms in total. The summed E-state index contributed by atoms with van der Waals surface area (Å²) in [7, 11) is -3.63. The van der Waals surface area contributed by atoms with Crippen molar-refractivity contribution < 1.29 is 13.5 Å². The summed E-state index contributed by atoms with van der Waals surface area (Å²) in [5.74, 6) is 0. The molecule has 0 bridgehead atoms. The van der Waals surface area contributed by atoms with E-state index >= 15 is 0 Å². The zero-order valence-electron chi connectivity index (χ0n) is 10.1. The van der Waals surface area contributed by atoms with Crippen LogP contribution in [0.15, 0.2) is 32.0 Å². The van der Waals surface area contributed by atoms with Gasteiger partial charge in [-0.15, -0.1) is 0 Å². The maximum absolute atomic E-state index is 12.3. The van der Waals surface area contributed by atoms with E-state index in [-0.39, 0.29) is 11.5 Å². The summed E-state index contributed by atoms with van der Waals surface area (Å²) in [5.41, 5.74) is -0.699. The lowest BCUT2D eigenvalue weighted by Crippen LogP contribution is -2.44. The predicted molar refractivity (Wildman–Crippen MR) is 77.9 cm³/mol. The second-order valence-corrected chi connectivity index (χ2v) is 7.96. The largest absolute Gasteiger partial charge is 0.396 e. The molecule has 0 spiro atoms. The molecule has 0 amide bonds.